The van der Waals surface area contributed by atoms with Gasteiger partial charge < -0.3 is 0 Å². The Morgan fingerprint density at radius 3 is 2.80 bits per heavy atom. The van der Waals surface area contributed by atoms with Gasteiger partial charge in [-0.3, -0.25) is 15.1 Å². The summed E-state index contributed by atoms with van der Waals surface area (Å²) in [4.78, 5) is 8.64. The minimum atomic E-state index is 0.839. The molecular weight excluding hydrogens is 188 g/mol. The predicted molar refractivity (Wildman–Crippen MR) is 57.1 cm³/mol. The zero-order valence-corrected chi connectivity index (χ0v) is 7.88. The van der Waals surface area contributed by atoms with E-state index in [0.29, 0.717) is 0 Å². The van der Waals surface area contributed by atoms with Gasteiger partial charge in [0.25, 0.3) is 0 Å². The van der Waals surface area contributed by atoms with Gasteiger partial charge in [0.1, 0.15) is 5.69 Å². The fourth-order valence-electron chi connectivity index (χ4n) is 1.59. The van der Waals surface area contributed by atoms with Crippen molar-refractivity contribution in [2.45, 2.75) is 0 Å². The van der Waals surface area contributed by atoms with Crippen LogP contribution in [0.4, 0.5) is 0 Å². The Labute approximate surface area is 86.0 Å². The molecule has 3 heterocycles. The molecule has 0 spiro atoms. The standard InChI is InChI=1S/C11H8N4/c1-2-8-3-6-13-11(10(8)12-5-1)9-4-7-14-15-9/h1-7H,(H,14,15). The second-order valence-corrected chi connectivity index (χ2v) is 3.20. The highest BCUT2D eigenvalue weighted by Gasteiger charge is 2.06. The third kappa shape index (κ3) is 1.27. The predicted octanol–water partition coefficient (Wildman–Crippen LogP) is 2.02. The van der Waals surface area contributed by atoms with Gasteiger partial charge >= 0.3 is 0 Å². The Hall–Kier alpha value is -2.23. The molecular formula is C11H8N4. The first-order valence-corrected chi connectivity index (χ1v) is 4.64. The average Bonchev–Trinajstić information content (AvgIpc) is 2.82. The van der Waals surface area contributed by atoms with E-state index in [9.17, 15) is 0 Å². The normalized spacial score (nSPS) is 10.7. The monoisotopic (exact) mass is 196 g/mol. The Kier molecular flexibility index (Phi) is 1.71. The lowest BCUT2D eigenvalue weighted by molar-refractivity contribution is 1.09. The smallest absolute Gasteiger partial charge is 0.114 e. The van der Waals surface area contributed by atoms with Gasteiger partial charge in [0.05, 0.1) is 11.2 Å². The van der Waals surface area contributed by atoms with Crippen molar-refractivity contribution < 1.29 is 0 Å². The SMILES string of the molecule is c1cnc2c(-c3ccn[nH]3)nccc2c1. The number of H-pyrrole nitrogens is 1. The lowest BCUT2D eigenvalue weighted by atomic mass is 10.2. The van der Waals surface area contributed by atoms with E-state index >= 15 is 0 Å². The molecule has 3 aromatic heterocycles. The molecule has 0 radical (unpaired) electrons. The summed E-state index contributed by atoms with van der Waals surface area (Å²) in [6, 6.07) is 7.77. The van der Waals surface area contributed by atoms with Gasteiger partial charge in [-0.1, -0.05) is 6.07 Å². The maximum Gasteiger partial charge on any atom is 0.114 e. The van der Waals surface area contributed by atoms with Crippen LogP contribution in [0.3, 0.4) is 0 Å². The van der Waals surface area contributed by atoms with E-state index in [1.807, 2.05) is 24.3 Å². The average molecular weight is 196 g/mol. The molecule has 0 unspecified atom stereocenters. The maximum absolute atomic E-state index is 4.33. The van der Waals surface area contributed by atoms with E-state index in [1.165, 1.54) is 0 Å². The van der Waals surface area contributed by atoms with Crippen molar-refractivity contribution in [3.63, 3.8) is 0 Å². The van der Waals surface area contributed by atoms with Crippen LogP contribution in [0.1, 0.15) is 0 Å². The highest BCUT2D eigenvalue weighted by Crippen LogP contribution is 2.21. The number of nitrogens with zero attached hydrogens (tertiary/aromatic N) is 3. The van der Waals surface area contributed by atoms with Crippen molar-refractivity contribution >= 4 is 10.9 Å². The van der Waals surface area contributed by atoms with Crippen LogP contribution in [0.2, 0.25) is 0 Å². The summed E-state index contributed by atoms with van der Waals surface area (Å²) in [5.41, 5.74) is 2.62. The second-order valence-electron chi connectivity index (χ2n) is 3.20. The third-order valence-electron chi connectivity index (χ3n) is 2.28. The number of hydrogen-bond acceptors (Lipinski definition) is 3. The number of aromatic amines is 1. The molecule has 1 N–H and O–H groups in total. The minimum Gasteiger partial charge on any atom is -0.276 e. The minimum absolute atomic E-state index is 0.839. The van der Waals surface area contributed by atoms with Crippen LogP contribution in [0.15, 0.2) is 42.9 Å². The van der Waals surface area contributed by atoms with Crippen LogP contribution in [0, 0.1) is 0 Å². The van der Waals surface area contributed by atoms with Crippen molar-refractivity contribution in [2.24, 2.45) is 0 Å². The number of hydrogen-bond donors (Lipinski definition) is 1. The molecule has 0 bridgehead atoms. The molecule has 0 aliphatic carbocycles. The summed E-state index contributed by atoms with van der Waals surface area (Å²) in [5.74, 6) is 0. The van der Waals surface area contributed by atoms with Crippen molar-refractivity contribution in [1.29, 1.82) is 0 Å². The lowest BCUT2D eigenvalue weighted by Gasteiger charge is -2.01. The maximum atomic E-state index is 4.33. The fraction of sp³-hybridized carbons (Fsp3) is 0. The van der Waals surface area contributed by atoms with Crippen molar-refractivity contribution in [2.75, 3.05) is 0 Å². The molecule has 0 aliphatic heterocycles. The van der Waals surface area contributed by atoms with Crippen molar-refractivity contribution in [3.05, 3.63) is 42.9 Å². The molecule has 4 heteroatoms. The highest BCUT2D eigenvalue weighted by atomic mass is 15.1. The molecule has 4 nitrogen and oxygen atoms in total. The van der Waals surface area contributed by atoms with Crippen molar-refractivity contribution in [1.82, 2.24) is 20.2 Å². The van der Waals surface area contributed by atoms with E-state index in [-0.39, 0.29) is 0 Å². The van der Waals surface area contributed by atoms with Gasteiger partial charge in [-0.25, -0.2) is 0 Å². The Balaban J connectivity index is 2.36. The van der Waals surface area contributed by atoms with E-state index in [4.69, 9.17) is 0 Å². The molecule has 3 rings (SSSR count). The first kappa shape index (κ1) is 8.11. The van der Waals surface area contributed by atoms with Gasteiger partial charge in [-0.2, -0.15) is 5.10 Å². The van der Waals surface area contributed by atoms with Crippen LogP contribution in [-0.4, -0.2) is 20.2 Å². The molecule has 15 heavy (non-hydrogen) atoms. The number of nitrogens with one attached hydrogen (secondary N) is 1. The molecule has 0 saturated carbocycles. The molecule has 0 aliphatic rings. The molecule has 3 aromatic rings. The quantitative estimate of drug-likeness (QED) is 0.647. The van der Waals surface area contributed by atoms with Crippen LogP contribution < -0.4 is 0 Å². The highest BCUT2D eigenvalue weighted by molar-refractivity contribution is 5.89. The summed E-state index contributed by atoms with van der Waals surface area (Å²) in [6.45, 7) is 0. The number of fused-ring (bicyclic) bond motifs is 1. The van der Waals surface area contributed by atoms with Gasteiger partial charge in [0.2, 0.25) is 0 Å². The first-order chi connectivity index (χ1) is 7.45. The molecule has 0 aromatic carbocycles. The van der Waals surface area contributed by atoms with Gasteiger partial charge in [0, 0.05) is 24.0 Å². The Morgan fingerprint density at radius 2 is 1.93 bits per heavy atom. The summed E-state index contributed by atoms with van der Waals surface area (Å²) < 4.78 is 0. The fourth-order valence-corrected chi connectivity index (χ4v) is 1.59. The topological polar surface area (TPSA) is 54.5 Å². The van der Waals surface area contributed by atoms with E-state index in [1.54, 1.807) is 18.6 Å². The van der Waals surface area contributed by atoms with E-state index < -0.39 is 0 Å². The van der Waals surface area contributed by atoms with Crippen LogP contribution in [0.5, 0.6) is 0 Å². The molecule has 0 fully saturated rings. The van der Waals surface area contributed by atoms with Gasteiger partial charge in [-0.15, -0.1) is 0 Å². The number of rotatable bonds is 1. The Bertz CT molecular complexity index is 581. The summed E-state index contributed by atoms with van der Waals surface area (Å²) in [5, 5.41) is 7.89. The summed E-state index contributed by atoms with van der Waals surface area (Å²) >= 11 is 0. The number of pyridine rings is 2. The van der Waals surface area contributed by atoms with Crippen LogP contribution in [0.25, 0.3) is 22.3 Å². The molecule has 72 valence electrons. The van der Waals surface area contributed by atoms with E-state index in [0.717, 1.165) is 22.3 Å². The van der Waals surface area contributed by atoms with Gasteiger partial charge in [0.15, 0.2) is 0 Å². The molecule has 0 atom stereocenters. The molecule has 0 saturated heterocycles. The zero-order chi connectivity index (χ0) is 10.1. The molecule has 0 amide bonds. The first-order valence-electron chi connectivity index (χ1n) is 4.64. The third-order valence-corrected chi connectivity index (χ3v) is 2.28. The van der Waals surface area contributed by atoms with Crippen LogP contribution in [-0.2, 0) is 0 Å². The summed E-state index contributed by atoms with van der Waals surface area (Å²) in [6.07, 6.45) is 5.25. The second kappa shape index (κ2) is 3.16. The van der Waals surface area contributed by atoms with Crippen molar-refractivity contribution in [3.8, 4) is 11.4 Å². The number of aromatic nitrogens is 4. The zero-order valence-electron chi connectivity index (χ0n) is 7.88. The lowest BCUT2D eigenvalue weighted by Crippen LogP contribution is -1.88. The Morgan fingerprint density at radius 1 is 0.933 bits per heavy atom. The van der Waals surface area contributed by atoms with E-state index in [2.05, 4.69) is 20.2 Å². The van der Waals surface area contributed by atoms with Crippen LogP contribution >= 0.6 is 0 Å². The summed E-state index contributed by atoms with van der Waals surface area (Å²) in [7, 11) is 0. The van der Waals surface area contributed by atoms with Gasteiger partial charge in [-0.05, 0) is 18.2 Å². The largest absolute Gasteiger partial charge is 0.276 e.